The lowest BCUT2D eigenvalue weighted by atomic mass is 9.84. The zero-order chi connectivity index (χ0) is 14.0. The smallest absolute Gasteiger partial charge is 0.309 e. The summed E-state index contributed by atoms with van der Waals surface area (Å²) >= 11 is 0. The van der Waals surface area contributed by atoms with Gasteiger partial charge in [-0.2, -0.15) is 0 Å². The molecule has 2 rings (SSSR count). The molecule has 2 aromatic rings. The fourth-order valence-electron chi connectivity index (χ4n) is 1.99. The molecule has 0 unspecified atom stereocenters. The molecule has 0 bridgehead atoms. The van der Waals surface area contributed by atoms with Crippen LogP contribution in [0.2, 0.25) is 0 Å². The van der Waals surface area contributed by atoms with Crippen molar-refractivity contribution in [3.8, 4) is 0 Å². The van der Waals surface area contributed by atoms with Crippen molar-refractivity contribution in [3.63, 3.8) is 0 Å². The van der Waals surface area contributed by atoms with Crippen molar-refractivity contribution in [2.24, 2.45) is 5.73 Å². The zero-order valence-electron chi connectivity index (χ0n) is 10.9. The van der Waals surface area contributed by atoms with E-state index < -0.39 is 11.8 Å². The van der Waals surface area contributed by atoms with Crippen LogP contribution in [0.1, 0.15) is 19.4 Å². The molecule has 2 amide bonds. The Hall–Kier alpha value is -2.30. The standard InChI is InChI=1S/C14H16N2O3/c1-14(2,8-16-13(18)12(15)17)10-7-19-11-6-4-3-5-9(10)11/h3-7H,8H2,1-2H3,(H2,15,17)(H,16,18). The first-order valence-electron chi connectivity index (χ1n) is 5.96. The van der Waals surface area contributed by atoms with Gasteiger partial charge in [0.15, 0.2) is 0 Å². The predicted octanol–water partition coefficient (Wildman–Crippen LogP) is 1.31. The molecule has 3 N–H and O–H groups in total. The number of nitrogens with two attached hydrogens (primary N) is 1. The number of hydrogen-bond donors (Lipinski definition) is 2. The van der Waals surface area contributed by atoms with E-state index in [1.807, 2.05) is 38.1 Å². The molecule has 100 valence electrons. The molecule has 0 saturated heterocycles. The summed E-state index contributed by atoms with van der Waals surface area (Å²) in [5, 5.41) is 3.52. The SMILES string of the molecule is CC(C)(CNC(=O)C(N)=O)c1coc2ccccc12. The van der Waals surface area contributed by atoms with E-state index in [-0.39, 0.29) is 5.41 Å². The molecule has 0 aliphatic carbocycles. The average molecular weight is 260 g/mol. The van der Waals surface area contributed by atoms with Crippen molar-refractivity contribution >= 4 is 22.8 Å². The second kappa shape index (κ2) is 4.76. The summed E-state index contributed by atoms with van der Waals surface area (Å²) in [6.07, 6.45) is 1.68. The first-order valence-corrected chi connectivity index (χ1v) is 5.96. The second-order valence-corrected chi connectivity index (χ2v) is 5.08. The summed E-state index contributed by atoms with van der Waals surface area (Å²) in [6.45, 7) is 4.23. The number of rotatable bonds is 3. The summed E-state index contributed by atoms with van der Waals surface area (Å²) in [5.74, 6) is -1.76. The zero-order valence-corrected chi connectivity index (χ0v) is 10.9. The largest absolute Gasteiger partial charge is 0.464 e. The molecule has 0 radical (unpaired) electrons. The number of primary amides is 1. The molecule has 1 aromatic carbocycles. The van der Waals surface area contributed by atoms with Gasteiger partial charge in [-0.15, -0.1) is 0 Å². The Morgan fingerprint density at radius 1 is 1.32 bits per heavy atom. The highest BCUT2D eigenvalue weighted by Gasteiger charge is 2.26. The van der Waals surface area contributed by atoms with Crippen molar-refractivity contribution in [2.75, 3.05) is 6.54 Å². The van der Waals surface area contributed by atoms with Crippen LogP contribution in [0.25, 0.3) is 11.0 Å². The van der Waals surface area contributed by atoms with E-state index in [1.54, 1.807) is 6.26 Å². The molecular weight excluding hydrogens is 244 g/mol. The Morgan fingerprint density at radius 2 is 2.00 bits per heavy atom. The van der Waals surface area contributed by atoms with Gasteiger partial charge in [0, 0.05) is 22.9 Å². The van der Waals surface area contributed by atoms with Gasteiger partial charge in [0.25, 0.3) is 0 Å². The predicted molar refractivity (Wildman–Crippen MR) is 71.4 cm³/mol. The molecule has 5 nitrogen and oxygen atoms in total. The maximum atomic E-state index is 11.2. The minimum Gasteiger partial charge on any atom is -0.464 e. The average Bonchev–Trinajstić information content (AvgIpc) is 2.80. The third-order valence-corrected chi connectivity index (χ3v) is 3.12. The molecule has 1 heterocycles. The van der Waals surface area contributed by atoms with Crippen LogP contribution in [0.15, 0.2) is 34.9 Å². The number of benzene rings is 1. The number of nitrogens with one attached hydrogen (secondary N) is 1. The molecule has 0 aliphatic heterocycles. The van der Waals surface area contributed by atoms with Gasteiger partial charge < -0.3 is 15.5 Å². The lowest BCUT2D eigenvalue weighted by molar-refractivity contribution is -0.137. The Morgan fingerprint density at radius 3 is 2.68 bits per heavy atom. The van der Waals surface area contributed by atoms with Crippen LogP contribution in [0, 0.1) is 0 Å². The van der Waals surface area contributed by atoms with Gasteiger partial charge in [-0.25, -0.2) is 0 Å². The maximum Gasteiger partial charge on any atom is 0.309 e. The molecule has 0 fully saturated rings. The lowest BCUT2D eigenvalue weighted by Gasteiger charge is -2.23. The minimum absolute atomic E-state index is 0.304. The Labute approximate surface area is 110 Å². The van der Waals surface area contributed by atoms with E-state index in [0.717, 1.165) is 16.5 Å². The number of fused-ring (bicyclic) bond motifs is 1. The molecule has 0 atom stereocenters. The number of para-hydroxylation sites is 1. The Kier molecular flexibility index (Phi) is 3.29. The summed E-state index contributed by atoms with van der Waals surface area (Å²) in [7, 11) is 0. The number of amides is 2. The van der Waals surface area contributed by atoms with Gasteiger partial charge in [0.2, 0.25) is 0 Å². The molecule has 19 heavy (non-hydrogen) atoms. The molecule has 1 aromatic heterocycles. The Bertz CT molecular complexity index is 628. The van der Waals surface area contributed by atoms with Crippen molar-refractivity contribution in [1.29, 1.82) is 0 Å². The van der Waals surface area contributed by atoms with E-state index in [0.29, 0.717) is 6.54 Å². The fourth-order valence-corrected chi connectivity index (χ4v) is 1.99. The molecule has 0 saturated carbocycles. The van der Waals surface area contributed by atoms with Gasteiger partial charge in [0.05, 0.1) is 6.26 Å². The van der Waals surface area contributed by atoms with E-state index in [9.17, 15) is 9.59 Å². The quantitative estimate of drug-likeness (QED) is 0.816. The van der Waals surface area contributed by atoms with Gasteiger partial charge in [0.1, 0.15) is 5.58 Å². The summed E-state index contributed by atoms with van der Waals surface area (Å²) < 4.78 is 5.49. The molecule has 0 spiro atoms. The van der Waals surface area contributed by atoms with Crippen LogP contribution in [0.4, 0.5) is 0 Å². The third kappa shape index (κ3) is 2.59. The number of carbonyl (C=O) groups excluding carboxylic acids is 2. The summed E-state index contributed by atoms with van der Waals surface area (Å²) in [4.78, 5) is 21.9. The van der Waals surface area contributed by atoms with Crippen LogP contribution in [0.3, 0.4) is 0 Å². The fraction of sp³-hybridized carbons (Fsp3) is 0.286. The van der Waals surface area contributed by atoms with Crippen LogP contribution in [-0.4, -0.2) is 18.4 Å². The number of furan rings is 1. The highest BCUT2D eigenvalue weighted by atomic mass is 16.3. The van der Waals surface area contributed by atoms with Gasteiger partial charge in [-0.05, 0) is 6.07 Å². The molecular formula is C14H16N2O3. The van der Waals surface area contributed by atoms with Crippen LogP contribution >= 0.6 is 0 Å². The topological polar surface area (TPSA) is 85.3 Å². The van der Waals surface area contributed by atoms with Gasteiger partial charge in [-0.3, -0.25) is 9.59 Å². The van der Waals surface area contributed by atoms with Crippen LogP contribution in [0.5, 0.6) is 0 Å². The summed E-state index contributed by atoms with van der Waals surface area (Å²) in [5.41, 5.74) is 6.32. The normalized spacial score (nSPS) is 11.5. The minimum atomic E-state index is -0.979. The lowest BCUT2D eigenvalue weighted by Crippen LogP contribution is -2.42. The number of carbonyl (C=O) groups is 2. The maximum absolute atomic E-state index is 11.2. The van der Waals surface area contributed by atoms with E-state index in [2.05, 4.69) is 5.32 Å². The first-order chi connectivity index (χ1) is 8.92. The molecule has 0 aliphatic rings. The van der Waals surface area contributed by atoms with Crippen molar-refractivity contribution < 1.29 is 14.0 Å². The Balaban J connectivity index is 2.24. The highest BCUT2D eigenvalue weighted by molar-refractivity contribution is 6.34. The van der Waals surface area contributed by atoms with Crippen molar-refractivity contribution in [3.05, 3.63) is 36.1 Å². The van der Waals surface area contributed by atoms with Crippen molar-refractivity contribution in [1.82, 2.24) is 5.32 Å². The van der Waals surface area contributed by atoms with Crippen molar-refractivity contribution in [2.45, 2.75) is 19.3 Å². The van der Waals surface area contributed by atoms with E-state index in [1.165, 1.54) is 0 Å². The van der Waals surface area contributed by atoms with E-state index in [4.69, 9.17) is 10.2 Å². The van der Waals surface area contributed by atoms with E-state index >= 15 is 0 Å². The molecule has 5 heteroatoms. The summed E-state index contributed by atoms with van der Waals surface area (Å²) in [6, 6.07) is 7.68. The van der Waals surface area contributed by atoms with Crippen LogP contribution < -0.4 is 11.1 Å². The van der Waals surface area contributed by atoms with Crippen LogP contribution in [-0.2, 0) is 15.0 Å². The monoisotopic (exact) mass is 260 g/mol. The highest BCUT2D eigenvalue weighted by Crippen LogP contribution is 2.31. The van der Waals surface area contributed by atoms with Gasteiger partial charge in [-0.1, -0.05) is 32.0 Å². The first kappa shape index (κ1) is 13.1. The van der Waals surface area contributed by atoms with Gasteiger partial charge >= 0.3 is 11.8 Å². The number of hydrogen-bond acceptors (Lipinski definition) is 3. The second-order valence-electron chi connectivity index (χ2n) is 5.08. The third-order valence-electron chi connectivity index (χ3n) is 3.12.